The number of nitrogens with one attached hydrogen (secondary N) is 1. The number of alkyl halides is 1. The topological polar surface area (TPSA) is 79.0 Å². The molecule has 8 heteroatoms. The highest BCUT2D eigenvalue weighted by atomic mass is 35.5. The Balaban J connectivity index is 1.80. The van der Waals surface area contributed by atoms with Gasteiger partial charge in [-0.05, 0) is 20.8 Å². The molecule has 2 aliphatic heterocycles. The van der Waals surface area contributed by atoms with Crippen molar-refractivity contribution in [1.29, 1.82) is 0 Å². The van der Waals surface area contributed by atoms with Crippen LogP contribution in [0.1, 0.15) is 27.2 Å². The molecular formula is C14H22ClN3O4. The van der Waals surface area contributed by atoms with Crippen molar-refractivity contribution in [2.75, 3.05) is 25.5 Å². The molecule has 124 valence electrons. The molecule has 2 saturated heterocycles. The summed E-state index contributed by atoms with van der Waals surface area (Å²) in [5, 5.41) is 2.72. The summed E-state index contributed by atoms with van der Waals surface area (Å²) in [6, 6.07) is -0.202. The molecule has 2 rings (SSSR count). The van der Waals surface area contributed by atoms with Gasteiger partial charge in [0.25, 0.3) is 0 Å². The van der Waals surface area contributed by atoms with Gasteiger partial charge in [-0.1, -0.05) is 0 Å². The lowest BCUT2D eigenvalue weighted by atomic mass is 10.1. The maximum absolute atomic E-state index is 12.0. The van der Waals surface area contributed by atoms with Crippen molar-refractivity contribution in [2.24, 2.45) is 0 Å². The Bertz CT molecular complexity index is 471. The Morgan fingerprint density at radius 1 is 1.32 bits per heavy atom. The smallest absolute Gasteiger partial charge is 0.410 e. The van der Waals surface area contributed by atoms with Crippen LogP contribution in [0.15, 0.2) is 0 Å². The SMILES string of the molecule is CC(C)(C)OC(=O)N1CC(N2CC(NC(=O)CCl)CC2=O)C1. The van der Waals surface area contributed by atoms with Crippen molar-refractivity contribution in [2.45, 2.75) is 44.9 Å². The quantitative estimate of drug-likeness (QED) is 0.766. The minimum absolute atomic E-state index is 0.00192. The van der Waals surface area contributed by atoms with Crippen molar-refractivity contribution in [3.63, 3.8) is 0 Å². The number of hydrogen-bond donors (Lipinski definition) is 1. The summed E-state index contributed by atoms with van der Waals surface area (Å²) < 4.78 is 5.28. The zero-order valence-electron chi connectivity index (χ0n) is 13.1. The first-order valence-electron chi connectivity index (χ1n) is 7.32. The van der Waals surface area contributed by atoms with E-state index >= 15 is 0 Å². The highest BCUT2D eigenvalue weighted by Crippen LogP contribution is 2.23. The second-order valence-electron chi connectivity index (χ2n) is 6.69. The molecule has 0 aliphatic carbocycles. The van der Waals surface area contributed by atoms with Gasteiger partial charge in [0, 0.05) is 26.1 Å². The Labute approximate surface area is 134 Å². The summed E-state index contributed by atoms with van der Waals surface area (Å²) >= 11 is 5.44. The van der Waals surface area contributed by atoms with Crippen molar-refractivity contribution in [3.05, 3.63) is 0 Å². The Hall–Kier alpha value is -1.50. The average Bonchev–Trinajstić information content (AvgIpc) is 2.66. The maximum Gasteiger partial charge on any atom is 0.410 e. The van der Waals surface area contributed by atoms with E-state index in [1.54, 1.807) is 9.80 Å². The van der Waals surface area contributed by atoms with E-state index in [0.717, 1.165) is 0 Å². The van der Waals surface area contributed by atoms with Crippen molar-refractivity contribution < 1.29 is 19.1 Å². The molecule has 2 aliphatic rings. The van der Waals surface area contributed by atoms with E-state index < -0.39 is 5.60 Å². The molecule has 0 aromatic rings. The first-order valence-corrected chi connectivity index (χ1v) is 7.86. The fourth-order valence-corrected chi connectivity index (χ4v) is 2.65. The molecule has 1 unspecified atom stereocenters. The number of hydrogen-bond acceptors (Lipinski definition) is 4. The third-order valence-electron chi connectivity index (χ3n) is 3.60. The van der Waals surface area contributed by atoms with Crippen LogP contribution in [0.3, 0.4) is 0 Å². The molecule has 7 nitrogen and oxygen atoms in total. The zero-order chi connectivity index (χ0) is 16.5. The highest BCUT2D eigenvalue weighted by Gasteiger charge is 2.42. The molecule has 3 amide bonds. The predicted molar refractivity (Wildman–Crippen MR) is 80.6 cm³/mol. The molecule has 0 radical (unpaired) electrons. The number of carbonyl (C=O) groups is 3. The van der Waals surface area contributed by atoms with Gasteiger partial charge in [-0.2, -0.15) is 0 Å². The number of halogens is 1. The monoisotopic (exact) mass is 331 g/mol. The number of carbonyl (C=O) groups excluding carboxylic acids is 3. The van der Waals surface area contributed by atoms with Crippen LogP contribution in [0.2, 0.25) is 0 Å². The molecule has 1 atom stereocenters. The van der Waals surface area contributed by atoms with Gasteiger partial charge in [-0.25, -0.2) is 4.79 Å². The van der Waals surface area contributed by atoms with Crippen LogP contribution in [0.25, 0.3) is 0 Å². The third kappa shape index (κ3) is 4.03. The van der Waals surface area contributed by atoms with Gasteiger partial charge in [-0.15, -0.1) is 11.6 Å². The van der Waals surface area contributed by atoms with Gasteiger partial charge >= 0.3 is 6.09 Å². The van der Waals surface area contributed by atoms with Gasteiger partial charge in [0.15, 0.2) is 0 Å². The number of nitrogens with zero attached hydrogens (tertiary/aromatic N) is 2. The first-order chi connectivity index (χ1) is 10.2. The van der Waals surface area contributed by atoms with Crippen LogP contribution in [-0.4, -0.2) is 70.9 Å². The lowest BCUT2D eigenvalue weighted by molar-refractivity contribution is -0.132. The van der Waals surface area contributed by atoms with Crippen LogP contribution >= 0.6 is 11.6 Å². The molecule has 0 aromatic heterocycles. The fraction of sp³-hybridized carbons (Fsp3) is 0.786. The molecule has 0 spiro atoms. The molecule has 22 heavy (non-hydrogen) atoms. The molecular weight excluding hydrogens is 310 g/mol. The largest absolute Gasteiger partial charge is 0.444 e. The highest BCUT2D eigenvalue weighted by molar-refractivity contribution is 6.27. The maximum atomic E-state index is 12.0. The number of amides is 3. The number of ether oxygens (including phenoxy) is 1. The van der Waals surface area contributed by atoms with Crippen LogP contribution < -0.4 is 5.32 Å². The fourth-order valence-electron chi connectivity index (χ4n) is 2.58. The van der Waals surface area contributed by atoms with Crippen molar-refractivity contribution in [3.8, 4) is 0 Å². The summed E-state index contributed by atoms with van der Waals surface area (Å²) in [6.07, 6.45) is -0.0756. The van der Waals surface area contributed by atoms with Gasteiger partial charge in [0.05, 0.1) is 12.1 Å². The van der Waals surface area contributed by atoms with Crippen LogP contribution in [-0.2, 0) is 14.3 Å². The summed E-state index contributed by atoms with van der Waals surface area (Å²) in [7, 11) is 0. The first kappa shape index (κ1) is 16.9. The molecule has 0 bridgehead atoms. The van der Waals surface area contributed by atoms with E-state index in [1.165, 1.54) is 0 Å². The van der Waals surface area contributed by atoms with Crippen LogP contribution in [0, 0.1) is 0 Å². The van der Waals surface area contributed by atoms with Crippen molar-refractivity contribution in [1.82, 2.24) is 15.1 Å². The van der Waals surface area contributed by atoms with E-state index in [4.69, 9.17) is 16.3 Å². The molecule has 2 heterocycles. The second kappa shape index (κ2) is 6.32. The molecule has 0 saturated carbocycles. The second-order valence-corrected chi connectivity index (χ2v) is 6.95. The minimum Gasteiger partial charge on any atom is -0.444 e. The summed E-state index contributed by atoms with van der Waals surface area (Å²) in [5.41, 5.74) is -0.525. The van der Waals surface area contributed by atoms with Gasteiger partial charge in [-0.3, -0.25) is 9.59 Å². The normalized spacial score (nSPS) is 22.5. The average molecular weight is 332 g/mol. The Kier molecular flexibility index (Phi) is 4.84. The van der Waals surface area contributed by atoms with E-state index in [0.29, 0.717) is 19.6 Å². The van der Waals surface area contributed by atoms with E-state index in [1.807, 2.05) is 20.8 Å². The van der Waals surface area contributed by atoms with Gasteiger partial charge in [0.2, 0.25) is 11.8 Å². The van der Waals surface area contributed by atoms with E-state index in [-0.39, 0.29) is 42.3 Å². The van der Waals surface area contributed by atoms with Crippen LogP contribution in [0.4, 0.5) is 4.79 Å². The predicted octanol–water partition coefficient (Wildman–Crippen LogP) is 0.562. The standard InChI is InChI=1S/C14H22ClN3O4/c1-14(2,3)22-13(21)17-7-10(8-17)18-6-9(4-12(18)20)16-11(19)5-15/h9-10H,4-8H2,1-3H3,(H,16,19). The Morgan fingerprint density at radius 2 is 1.95 bits per heavy atom. The molecule has 1 N–H and O–H groups in total. The van der Waals surface area contributed by atoms with E-state index in [2.05, 4.69) is 5.32 Å². The Morgan fingerprint density at radius 3 is 2.50 bits per heavy atom. The minimum atomic E-state index is -0.525. The van der Waals surface area contributed by atoms with Crippen LogP contribution in [0.5, 0.6) is 0 Å². The number of rotatable bonds is 3. The summed E-state index contributed by atoms with van der Waals surface area (Å²) in [6.45, 7) is 6.85. The van der Waals surface area contributed by atoms with Gasteiger partial charge < -0.3 is 19.9 Å². The number of likely N-dealkylation sites (tertiary alicyclic amines) is 2. The third-order valence-corrected chi connectivity index (χ3v) is 3.84. The molecule has 2 fully saturated rings. The zero-order valence-corrected chi connectivity index (χ0v) is 13.9. The van der Waals surface area contributed by atoms with E-state index in [9.17, 15) is 14.4 Å². The lowest BCUT2D eigenvalue weighted by Gasteiger charge is -2.44. The molecule has 0 aromatic carbocycles. The van der Waals surface area contributed by atoms with Crippen molar-refractivity contribution >= 4 is 29.5 Å². The van der Waals surface area contributed by atoms with Gasteiger partial charge in [0.1, 0.15) is 11.5 Å². The summed E-state index contributed by atoms with van der Waals surface area (Å²) in [4.78, 5) is 38.4. The summed E-state index contributed by atoms with van der Waals surface area (Å²) in [5.74, 6) is -0.389. The lowest BCUT2D eigenvalue weighted by Crippen LogP contribution is -2.62.